The Morgan fingerprint density at radius 3 is 2.79 bits per heavy atom. The number of hydrogen-bond acceptors (Lipinski definition) is 5. The number of piperidine rings is 1. The Kier molecular flexibility index (Phi) is 5.21. The van der Waals surface area contributed by atoms with Crippen LogP contribution in [0.25, 0.3) is 0 Å². The molecule has 1 saturated heterocycles. The molecule has 3 unspecified atom stereocenters. The minimum atomic E-state index is -0.570. The molecule has 3 N–H and O–H groups in total. The van der Waals surface area contributed by atoms with E-state index in [0.717, 1.165) is 42.4 Å². The maximum absolute atomic E-state index is 13.2. The molecule has 150 valence electrons. The molecule has 0 bridgehead atoms. The van der Waals surface area contributed by atoms with Crippen LogP contribution in [0.4, 0.5) is 0 Å². The van der Waals surface area contributed by atoms with Gasteiger partial charge in [0.05, 0.1) is 0 Å². The molecule has 3 amide bonds. The fourth-order valence-electron chi connectivity index (χ4n) is 4.82. The highest BCUT2D eigenvalue weighted by molar-refractivity contribution is 6.05. The zero-order chi connectivity index (χ0) is 19.8. The van der Waals surface area contributed by atoms with Crippen molar-refractivity contribution in [2.75, 3.05) is 7.05 Å². The summed E-state index contributed by atoms with van der Waals surface area (Å²) in [6.07, 6.45) is 5.01. The molecule has 1 aliphatic carbocycles. The fraction of sp³-hybridized carbons (Fsp3) is 0.571. The Morgan fingerprint density at radius 2 is 2.04 bits per heavy atom. The molecule has 1 aromatic rings. The quantitative estimate of drug-likeness (QED) is 0.759. The molecule has 2 heterocycles. The molecule has 1 saturated carbocycles. The summed E-state index contributed by atoms with van der Waals surface area (Å²) in [5.74, 6) is -0.737. The van der Waals surface area contributed by atoms with E-state index < -0.39 is 6.04 Å². The van der Waals surface area contributed by atoms with E-state index in [2.05, 4.69) is 17.3 Å². The van der Waals surface area contributed by atoms with Crippen molar-refractivity contribution in [1.82, 2.24) is 15.1 Å². The summed E-state index contributed by atoms with van der Waals surface area (Å²) in [5, 5.41) is 2.36. The number of nitrogens with two attached hydrogens (primary N) is 1. The van der Waals surface area contributed by atoms with Crippen LogP contribution in [0.3, 0.4) is 0 Å². The van der Waals surface area contributed by atoms with E-state index in [1.54, 1.807) is 4.90 Å². The van der Waals surface area contributed by atoms with Crippen LogP contribution < -0.4 is 11.1 Å². The molecule has 2 aliphatic heterocycles. The first-order valence-electron chi connectivity index (χ1n) is 10.1. The highest BCUT2D eigenvalue weighted by Crippen LogP contribution is 2.31. The van der Waals surface area contributed by atoms with Gasteiger partial charge in [0.25, 0.3) is 5.91 Å². The Labute approximate surface area is 165 Å². The van der Waals surface area contributed by atoms with Crippen molar-refractivity contribution in [2.45, 2.75) is 69.7 Å². The Balaban J connectivity index is 1.52. The van der Waals surface area contributed by atoms with Crippen molar-refractivity contribution in [3.8, 4) is 0 Å². The first kappa shape index (κ1) is 19.1. The number of carbonyl (C=O) groups excluding carboxylic acids is 3. The number of fused-ring (bicyclic) bond motifs is 1. The third kappa shape index (κ3) is 3.56. The maximum atomic E-state index is 13.2. The summed E-state index contributed by atoms with van der Waals surface area (Å²) < 4.78 is 0. The number of benzene rings is 1. The fourth-order valence-corrected chi connectivity index (χ4v) is 4.82. The van der Waals surface area contributed by atoms with Gasteiger partial charge in [-0.1, -0.05) is 24.6 Å². The number of amides is 3. The van der Waals surface area contributed by atoms with Crippen molar-refractivity contribution in [2.24, 2.45) is 5.73 Å². The van der Waals surface area contributed by atoms with Crippen molar-refractivity contribution < 1.29 is 14.4 Å². The Bertz CT molecular complexity index is 809. The van der Waals surface area contributed by atoms with Crippen LogP contribution in [0, 0.1) is 0 Å². The second-order valence-electron chi connectivity index (χ2n) is 8.35. The minimum Gasteiger partial charge on any atom is -0.328 e. The molecule has 28 heavy (non-hydrogen) atoms. The lowest BCUT2D eigenvalue weighted by Crippen LogP contribution is -2.52. The zero-order valence-electron chi connectivity index (χ0n) is 16.3. The molecule has 7 heteroatoms. The molecule has 3 aliphatic rings. The van der Waals surface area contributed by atoms with Gasteiger partial charge in [-0.05, 0) is 43.9 Å². The van der Waals surface area contributed by atoms with E-state index in [1.807, 2.05) is 18.2 Å². The van der Waals surface area contributed by atoms with Crippen LogP contribution in [0.1, 0.15) is 60.0 Å². The molecule has 3 atom stereocenters. The SMILES string of the molecule is CN(Cc1cccc2c1C(=O)N(C1CCC(=O)NC1=O)C2)C1CCCC(N)C1. The first-order valence-corrected chi connectivity index (χ1v) is 10.1. The summed E-state index contributed by atoms with van der Waals surface area (Å²) in [6, 6.07) is 6.06. The first-order chi connectivity index (χ1) is 13.4. The largest absolute Gasteiger partial charge is 0.328 e. The van der Waals surface area contributed by atoms with Crippen molar-refractivity contribution in [3.05, 3.63) is 34.9 Å². The van der Waals surface area contributed by atoms with Gasteiger partial charge >= 0.3 is 0 Å². The lowest BCUT2D eigenvalue weighted by Gasteiger charge is -2.34. The average molecular weight is 384 g/mol. The van der Waals surface area contributed by atoms with Crippen molar-refractivity contribution in [1.29, 1.82) is 0 Å². The summed E-state index contributed by atoms with van der Waals surface area (Å²) in [7, 11) is 2.10. The van der Waals surface area contributed by atoms with Gasteiger partial charge in [0.15, 0.2) is 0 Å². The van der Waals surface area contributed by atoms with E-state index in [9.17, 15) is 14.4 Å². The molecular formula is C21H28N4O3. The maximum Gasteiger partial charge on any atom is 0.255 e. The topological polar surface area (TPSA) is 95.7 Å². The van der Waals surface area contributed by atoms with E-state index in [-0.39, 0.29) is 30.2 Å². The third-order valence-electron chi connectivity index (χ3n) is 6.37. The smallest absolute Gasteiger partial charge is 0.255 e. The van der Waals surface area contributed by atoms with Gasteiger partial charge in [0.2, 0.25) is 11.8 Å². The Morgan fingerprint density at radius 1 is 1.21 bits per heavy atom. The molecule has 7 nitrogen and oxygen atoms in total. The molecular weight excluding hydrogens is 356 g/mol. The molecule has 0 radical (unpaired) electrons. The lowest BCUT2D eigenvalue weighted by molar-refractivity contribution is -0.136. The van der Waals surface area contributed by atoms with Crippen molar-refractivity contribution in [3.63, 3.8) is 0 Å². The molecule has 0 aromatic heterocycles. The second kappa shape index (κ2) is 7.64. The number of nitrogens with one attached hydrogen (secondary N) is 1. The van der Waals surface area contributed by atoms with Crippen LogP contribution in [0.15, 0.2) is 18.2 Å². The lowest BCUT2D eigenvalue weighted by atomic mass is 9.90. The van der Waals surface area contributed by atoms with Gasteiger partial charge in [0.1, 0.15) is 6.04 Å². The monoisotopic (exact) mass is 384 g/mol. The average Bonchev–Trinajstić information content (AvgIpc) is 2.99. The summed E-state index contributed by atoms with van der Waals surface area (Å²) in [6.45, 7) is 1.11. The summed E-state index contributed by atoms with van der Waals surface area (Å²) in [5.41, 5.74) is 8.82. The minimum absolute atomic E-state index is 0.103. The molecule has 4 rings (SSSR count). The number of nitrogens with zero attached hydrogens (tertiary/aromatic N) is 2. The van der Waals surface area contributed by atoms with Gasteiger partial charge in [0, 0.05) is 37.2 Å². The van der Waals surface area contributed by atoms with Crippen LogP contribution in [0.5, 0.6) is 0 Å². The van der Waals surface area contributed by atoms with Crippen LogP contribution in [0.2, 0.25) is 0 Å². The number of carbonyl (C=O) groups is 3. The van der Waals surface area contributed by atoms with E-state index in [1.165, 1.54) is 0 Å². The zero-order valence-corrected chi connectivity index (χ0v) is 16.3. The predicted molar refractivity (Wildman–Crippen MR) is 104 cm³/mol. The molecule has 2 fully saturated rings. The highest BCUT2D eigenvalue weighted by atomic mass is 16.2. The van der Waals surface area contributed by atoms with Gasteiger partial charge in [-0.2, -0.15) is 0 Å². The normalized spacial score (nSPS) is 27.9. The molecule has 1 aromatic carbocycles. The Hall–Kier alpha value is -2.25. The number of imide groups is 1. The van der Waals surface area contributed by atoms with Crippen molar-refractivity contribution >= 4 is 17.7 Å². The number of hydrogen-bond donors (Lipinski definition) is 2. The standard InChI is InChI=1S/C21H28N4O3/c1-24(16-7-3-6-15(22)10-16)11-13-4-2-5-14-12-25(21(28)19(13)14)17-8-9-18(26)23-20(17)27/h2,4-5,15-17H,3,6-12,22H2,1H3,(H,23,26,27). The van der Waals surface area contributed by atoms with Gasteiger partial charge < -0.3 is 10.6 Å². The highest BCUT2D eigenvalue weighted by Gasteiger charge is 2.40. The van der Waals surface area contributed by atoms with Gasteiger partial charge in [-0.25, -0.2) is 0 Å². The second-order valence-corrected chi connectivity index (χ2v) is 8.35. The summed E-state index contributed by atoms with van der Waals surface area (Å²) in [4.78, 5) is 40.8. The predicted octanol–water partition coefficient (Wildman–Crippen LogP) is 1.15. The summed E-state index contributed by atoms with van der Waals surface area (Å²) >= 11 is 0. The number of rotatable bonds is 4. The van der Waals surface area contributed by atoms with Crippen LogP contribution >= 0.6 is 0 Å². The van der Waals surface area contributed by atoms with Gasteiger partial charge in [-0.15, -0.1) is 0 Å². The third-order valence-corrected chi connectivity index (χ3v) is 6.37. The van der Waals surface area contributed by atoms with E-state index >= 15 is 0 Å². The van der Waals surface area contributed by atoms with Gasteiger partial charge in [-0.3, -0.25) is 24.6 Å². The van der Waals surface area contributed by atoms with Crippen LogP contribution in [-0.2, 0) is 22.7 Å². The van der Waals surface area contributed by atoms with E-state index in [4.69, 9.17) is 5.73 Å². The van der Waals surface area contributed by atoms with E-state index in [0.29, 0.717) is 25.6 Å². The molecule has 0 spiro atoms. The van der Waals surface area contributed by atoms with Crippen LogP contribution in [-0.4, -0.2) is 52.7 Å².